The zero-order valence-electron chi connectivity index (χ0n) is 10.1. The van der Waals surface area contributed by atoms with Crippen LogP contribution in [0, 0.1) is 18.6 Å². The largest absolute Gasteiger partial charge is 0.479 e. The van der Waals surface area contributed by atoms with Crippen molar-refractivity contribution in [3.8, 4) is 5.75 Å². The molecule has 1 aromatic heterocycles. The second kappa shape index (κ2) is 5.13. The molecule has 0 radical (unpaired) electrons. The molecule has 0 aliphatic carbocycles. The predicted octanol–water partition coefficient (Wildman–Crippen LogP) is 0.883. The Labute approximate surface area is 112 Å². The maximum atomic E-state index is 13.6. The Bertz CT molecular complexity index is 745. The summed E-state index contributed by atoms with van der Waals surface area (Å²) in [5.41, 5.74) is 0. The molecule has 0 saturated heterocycles. The van der Waals surface area contributed by atoms with E-state index in [1.54, 1.807) is 0 Å². The normalized spacial score (nSPS) is 11.6. The molecule has 0 saturated carbocycles. The van der Waals surface area contributed by atoms with Crippen LogP contribution in [0.25, 0.3) is 0 Å². The molecule has 0 unspecified atom stereocenters. The molecule has 0 spiro atoms. The van der Waals surface area contributed by atoms with Gasteiger partial charge in [0.1, 0.15) is 10.7 Å². The van der Waals surface area contributed by atoms with Crippen LogP contribution >= 0.6 is 0 Å². The second-order valence-electron chi connectivity index (χ2n) is 3.76. The van der Waals surface area contributed by atoms with E-state index in [4.69, 9.17) is 14.3 Å². The first kappa shape index (κ1) is 14.3. The number of nitrogens with zero attached hydrogens (tertiary/aromatic N) is 2. The van der Waals surface area contributed by atoms with E-state index in [1.165, 1.54) is 6.92 Å². The van der Waals surface area contributed by atoms with Gasteiger partial charge in [0.15, 0.2) is 18.2 Å². The molecular weight excluding hydrogens is 296 g/mol. The fraction of sp³-hybridized carbons (Fsp3) is 0.200. The molecule has 1 heterocycles. The highest BCUT2D eigenvalue weighted by Crippen LogP contribution is 2.28. The van der Waals surface area contributed by atoms with Crippen molar-refractivity contribution in [2.75, 3.05) is 0 Å². The van der Waals surface area contributed by atoms with Crippen molar-refractivity contribution in [1.29, 1.82) is 0 Å². The molecule has 108 valence electrons. The van der Waals surface area contributed by atoms with Gasteiger partial charge in [-0.3, -0.25) is 0 Å². The summed E-state index contributed by atoms with van der Waals surface area (Å²) in [5, 5.41) is 12.0. The number of benzene rings is 1. The number of sulfonamides is 1. The standard InChI is InChI=1S/C10H9F2N3O4S/c1-5-14-15-9(19-5)4-18-10-7(12)2-6(11)3-8(10)20(13,16)17/h2-3H,4H2,1H3,(H2,13,16,17). The second-order valence-corrected chi connectivity index (χ2v) is 5.29. The third-order valence-corrected chi connectivity index (χ3v) is 3.10. The van der Waals surface area contributed by atoms with E-state index in [0.29, 0.717) is 12.1 Å². The number of primary sulfonamides is 1. The molecule has 1 aromatic carbocycles. The van der Waals surface area contributed by atoms with Crippen molar-refractivity contribution in [3.63, 3.8) is 0 Å². The van der Waals surface area contributed by atoms with Crippen molar-refractivity contribution in [2.24, 2.45) is 5.14 Å². The van der Waals surface area contributed by atoms with Crippen LogP contribution in [-0.4, -0.2) is 18.6 Å². The lowest BCUT2D eigenvalue weighted by Crippen LogP contribution is -2.15. The van der Waals surface area contributed by atoms with Gasteiger partial charge in [0.05, 0.1) is 0 Å². The first-order chi connectivity index (χ1) is 9.27. The van der Waals surface area contributed by atoms with Gasteiger partial charge in [-0.15, -0.1) is 10.2 Å². The molecule has 0 aliphatic heterocycles. The van der Waals surface area contributed by atoms with E-state index in [2.05, 4.69) is 10.2 Å². The third kappa shape index (κ3) is 3.08. The van der Waals surface area contributed by atoms with Crippen molar-refractivity contribution >= 4 is 10.0 Å². The molecule has 2 aromatic rings. The van der Waals surface area contributed by atoms with Crippen LogP contribution in [0.5, 0.6) is 5.75 Å². The van der Waals surface area contributed by atoms with E-state index in [9.17, 15) is 17.2 Å². The van der Waals surface area contributed by atoms with E-state index >= 15 is 0 Å². The number of nitrogens with two attached hydrogens (primary N) is 1. The highest BCUT2D eigenvalue weighted by molar-refractivity contribution is 7.89. The molecule has 0 fully saturated rings. The smallest absolute Gasteiger partial charge is 0.253 e. The number of aromatic nitrogens is 2. The lowest BCUT2D eigenvalue weighted by molar-refractivity contribution is 0.242. The Balaban J connectivity index is 2.35. The molecule has 0 aliphatic rings. The molecule has 7 nitrogen and oxygen atoms in total. The van der Waals surface area contributed by atoms with Crippen LogP contribution in [0.3, 0.4) is 0 Å². The van der Waals surface area contributed by atoms with Gasteiger partial charge >= 0.3 is 0 Å². The topological polar surface area (TPSA) is 108 Å². The van der Waals surface area contributed by atoms with Gasteiger partial charge in [0.2, 0.25) is 15.9 Å². The maximum absolute atomic E-state index is 13.6. The molecule has 20 heavy (non-hydrogen) atoms. The Morgan fingerprint density at radius 1 is 1.35 bits per heavy atom. The van der Waals surface area contributed by atoms with Crippen LogP contribution in [0.4, 0.5) is 8.78 Å². The van der Waals surface area contributed by atoms with Crippen LogP contribution in [-0.2, 0) is 16.6 Å². The molecule has 0 bridgehead atoms. The predicted molar refractivity (Wildman–Crippen MR) is 61.1 cm³/mol. The maximum Gasteiger partial charge on any atom is 0.253 e. The summed E-state index contributed by atoms with van der Waals surface area (Å²) < 4.78 is 59.1. The van der Waals surface area contributed by atoms with Gasteiger partial charge in [-0.05, 0) is 6.07 Å². The first-order valence-corrected chi connectivity index (χ1v) is 6.75. The minimum atomic E-state index is -4.35. The number of hydrogen-bond acceptors (Lipinski definition) is 6. The Morgan fingerprint density at radius 2 is 2.05 bits per heavy atom. The van der Waals surface area contributed by atoms with Gasteiger partial charge in [-0.25, -0.2) is 22.3 Å². The summed E-state index contributed by atoms with van der Waals surface area (Å²) >= 11 is 0. The van der Waals surface area contributed by atoms with Crippen LogP contribution in [0.15, 0.2) is 21.4 Å². The molecule has 0 amide bonds. The van der Waals surface area contributed by atoms with Crippen molar-refractivity contribution in [1.82, 2.24) is 10.2 Å². The number of rotatable bonds is 4. The zero-order chi connectivity index (χ0) is 14.9. The van der Waals surface area contributed by atoms with Gasteiger partial charge in [-0.1, -0.05) is 0 Å². The molecule has 2 rings (SSSR count). The molecule has 0 atom stereocenters. The van der Waals surface area contributed by atoms with Gasteiger partial charge in [-0.2, -0.15) is 0 Å². The van der Waals surface area contributed by atoms with Gasteiger partial charge in [0, 0.05) is 13.0 Å². The minimum Gasteiger partial charge on any atom is -0.479 e. The lowest BCUT2D eigenvalue weighted by atomic mass is 10.3. The molecular formula is C10H9F2N3O4S. The summed E-state index contributed by atoms with van der Waals surface area (Å²) in [7, 11) is -4.35. The molecule has 2 N–H and O–H groups in total. The van der Waals surface area contributed by atoms with Gasteiger partial charge in [0.25, 0.3) is 5.89 Å². The summed E-state index contributed by atoms with van der Waals surface area (Å²) in [6.07, 6.45) is 0. The highest BCUT2D eigenvalue weighted by Gasteiger charge is 2.22. The minimum absolute atomic E-state index is 0.00611. The van der Waals surface area contributed by atoms with E-state index < -0.39 is 32.3 Å². The van der Waals surface area contributed by atoms with E-state index in [1.807, 2.05) is 0 Å². The third-order valence-electron chi connectivity index (χ3n) is 2.19. The first-order valence-electron chi connectivity index (χ1n) is 5.21. The van der Waals surface area contributed by atoms with Crippen LogP contribution in [0.2, 0.25) is 0 Å². The Hall–Kier alpha value is -2.07. The van der Waals surface area contributed by atoms with E-state index in [0.717, 1.165) is 0 Å². The summed E-state index contributed by atoms with van der Waals surface area (Å²) in [6.45, 7) is 1.15. The van der Waals surface area contributed by atoms with E-state index in [-0.39, 0.29) is 18.4 Å². The van der Waals surface area contributed by atoms with Gasteiger partial charge < -0.3 is 9.15 Å². The van der Waals surface area contributed by atoms with Crippen LogP contribution < -0.4 is 9.88 Å². The quantitative estimate of drug-likeness (QED) is 0.898. The highest BCUT2D eigenvalue weighted by atomic mass is 32.2. The van der Waals surface area contributed by atoms with Crippen molar-refractivity contribution < 1.29 is 26.4 Å². The Kier molecular flexibility index (Phi) is 3.68. The summed E-state index contributed by atoms with van der Waals surface area (Å²) in [6, 6.07) is 1.04. The van der Waals surface area contributed by atoms with Crippen molar-refractivity contribution in [2.45, 2.75) is 18.4 Å². The monoisotopic (exact) mass is 305 g/mol. The van der Waals surface area contributed by atoms with Crippen molar-refractivity contribution in [3.05, 3.63) is 35.5 Å². The number of aryl methyl sites for hydroxylation is 1. The van der Waals surface area contributed by atoms with Crippen LogP contribution in [0.1, 0.15) is 11.8 Å². The SMILES string of the molecule is Cc1nnc(COc2c(F)cc(F)cc2S(N)(=O)=O)o1. The number of hydrogen-bond donors (Lipinski definition) is 1. The molecule has 10 heteroatoms. The average molecular weight is 305 g/mol. The Morgan fingerprint density at radius 3 is 2.60 bits per heavy atom. The fourth-order valence-electron chi connectivity index (χ4n) is 1.42. The zero-order valence-corrected chi connectivity index (χ0v) is 10.9. The number of halogens is 2. The number of ether oxygens (including phenoxy) is 1. The fourth-order valence-corrected chi connectivity index (χ4v) is 2.11. The summed E-state index contributed by atoms with van der Waals surface area (Å²) in [4.78, 5) is -0.800. The summed E-state index contributed by atoms with van der Waals surface area (Å²) in [5.74, 6) is -2.73. The lowest BCUT2D eigenvalue weighted by Gasteiger charge is -2.09. The average Bonchev–Trinajstić information content (AvgIpc) is 2.72.